The molecule has 2 amide bonds. The largest absolute Gasteiger partial charge is 0.356 e. The van der Waals surface area contributed by atoms with Gasteiger partial charge in [-0.2, -0.15) is 0 Å². The molecule has 7 nitrogen and oxygen atoms in total. The van der Waals surface area contributed by atoms with Crippen molar-refractivity contribution in [3.05, 3.63) is 35.4 Å². The molecule has 0 heterocycles. The number of rotatable bonds is 9. The molecule has 0 aliphatic heterocycles. The third-order valence-electron chi connectivity index (χ3n) is 4.16. The number of amides is 2. The molecular formula is C19H29N5O2. The minimum Gasteiger partial charge on any atom is -0.356 e. The molecule has 0 spiro atoms. The van der Waals surface area contributed by atoms with E-state index in [0.717, 1.165) is 37.2 Å². The first-order valence-electron chi connectivity index (χ1n) is 9.17. The fraction of sp³-hybridized carbons (Fsp3) is 0.526. The van der Waals surface area contributed by atoms with E-state index >= 15 is 0 Å². The van der Waals surface area contributed by atoms with Gasteiger partial charge >= 0.3 is 0 Å². The summed E-state index contributed by atoms with van der Waals surface area (Å²) < 4.78 is 0. The molecule has 1 saturated carbocycles. The highest BCUT2D eigenvalue weighted by atomic mass is 16.2. The van der Waals surface area contributed by atoms with E-state index in [4.69, 9.17) is 0 Å². The van der Waals surface area contributed by atoms with E-state index in [1.54, 1.807) is 20.2 Å². The summed E-state index contributed by atoms with van der Waals surface area (Å²) in [6, 6.07) is 8.01. The van der Waals surface area contributed by atoms with Gasteiger partial charge in [0, 0.05) is 45.2 Å². The van der Waals surface area contributed by atoms with Crippen molar-refractivity contribution >= 4 is 17.8 Å². The van der Waals surface area contributed by atoms with Crippen LogP contribution in [0.4, 0.5) is 0 Å². The van der Waals surface area contributed by atoms with Crippen LogP contribution in [0.1, 0.15) is 41.6 Å². The number of carbonyl (C=O) groups excluding carboxylic acids is 2. The van der Waals surface area contributed by atoms with Gasteiger partial charge in [-0.15, -0.1) is 0 Å². The van der Waals surface area contributed by atoms with Crippen LogP contribution in [0.2, 0.25) is 0 Å². The predicted octanol–water partition coefficient (Wildman–Crippen LogP) is 0.813. The first kappa shape index (κ1) is 19.8. The summed E-state index contributed by atoms with van der Waals surface area (Å²) in [5.41, 5.74) is 1.75. The van der Waals surface area contributed by atoms with Gasteiger partial charge in [-0.1, -0.05) is 12.1 Å². The van der Waals surface area contributed by atoms with E-state index in [-0.39, 0.29) is 11.8 Å². The lowest BCUT2D eigenvalue weighted by Crippen LogP contribution is -2.39. The Bertz CT molecular complexity index is 641. The summed E-state index contributed by atoms with van der Waals surface area (Å²) in [4.78, 5) is 27.5. The molecule has 0 radical (unpaired) electrons. The molecule has 0 atom stereocenters. The first-order chi connectivity index (χ1) is 12.6. The number of aliphatic imine (C=N–C) groups is 1. The van der Waals surface area contributed by atoms with Crippen molar-refractivity contribution in [1.29, 1.82) is 0 Å². The highest BCUT2D eigenvalue weighted by Gasteiger charge is 2.22. The van der Waals surface area contributed by atoms with Crippen LogP contribution >= 0.6 is 0 Å². The maximum Gasteiger partial charge on any atom is 0.251 e. The van der Waals surface area contributed by atoms with Crippen molar-refractivity contribution < 1.29 is 9.59 Å². The zero-order valence-electron chi connectivity index (χ0n) is 15.6. The molecule has 1 aliphatic rings. The van der Waals surface area contributed by atoms with Gasteiger partial charge in [0.05, 0.1) is 0 Å². The normalized spacial score (nSPS) is 13.8. The van der Waals surface area contributed by atoms with E-state index in [0.29, 0.717) is 31.1 Å². The summed E-state index contributed by atoms with van der Waals surface area (Å²) in [5.74, 6) is 0.770. The standard InChI is InChI=1S/C19H29N5O2/c1-20-18(26)15-6-3-5-14(13-15)10-12-23-19(21-2)22-11-4-7-17(25)24-16-8-9-16/h3,5-6,13,16H,4,7-12H2,1-2H3,(H,20,26)(H,24,25)(H2,21,22,23). The van der Waals surface area contributed by atoms with E-state index in [2.05, 4.69) is 26.3 Å². The van der Waals surface area contributed by atoms with Crippen LogP contribution in [0, 0.1) is 0 Å². The molecule has 26 heavy (non-hydrogen) atoms. The van der Waals surface area contributed by atoms with Crippen LogP contribution in [0.25, 0.3) is 0 Å². The second-order valence-corrected chi connectivity index (χ2v) is 6.40. The Morgan fingerprint density at radius 3 is 2.65 bits per heavy atom. The molecule has 1 fully saturated rings. The van der Waals surface area contributed by atoms with Crippen molar-refractivity contribution in [2.24, 2.45) is 4.99 Å². The number of carbonyl (C=O) groups is 2. The summed E-state index contributed by atoms with van der Waals surface area (Å²) >= 11 is 0. The Kier molecular flexibility index (Phi) is 7.92. The fourth-order valence-electron chi connectivity index (χ4n) is 2.54. The second-order valence-electron chi connectivity index (χ2n) is 6.40. The van der Waals surface area contributed by atoms with Gasteiger partial charge in [0.1, 0.15) is 0 Å². The van der Waals surface area contributed by atoms with E-state index in [1.165, 1.54) is 0 Å². The molecule has 4 N–H and O–H groups in total. The average molecular weight is 359 g/mol. The Morgan fingerprint density at radius 1 is 1.19 bits per heavy atom. The second kappa shape index (κ2) is 10.4. The monoisotopic (exact) mass is 359 g/mol. The molecule has 7 heteroatoms. The zero-order valence-corrected chi connectivity index (χ0v) is 15.6. The Hall–Kier alpha value is -2.57. The third kappa shape index (κ3) is 7.13. The number of benzene rings is 1. The molecule has 1 aromatic rings. The van der Waals surface area contributed by atoms with E-state index in [9.17, 15) is 9.59 Å². The van der Waals surface area contributed by atoms with Gasteiger partial charge in [-0.3, -0.25) is 14.6 Å². The van der Waals surface area contributed by atoms with Gasteiger partial charge in [0.25, 0.3) is 5.91 Å². The zero-order chi connectivity index (χ0) is 18.8. The SMILES string of the molecule is CN=C(NCCCC(=O)NC1CC1)NCCc1cccc(C(=O)NC)c1. The van der Waals surface area contributed by atoms with Gasteiger partial charge < -0.3 is 21.3 Å². The predicted molar refractivity (Wildman–Crippen MR) is 103 cm³/mol. The van der Waals surface area contributed by atoms with Crippen molar-refractivity contribution in [2.45, 2.75) is 38.1 Å². The summed E-state index contributed by atoms with van der Waals surface area (Å²) in [5, 5.41) is 12.1. The molecule has 2 rings (SSSR count). The summed E-state index contributed by atoms with van der Waals surface area (Å²) in [6.45, 7) is 1.41. The van der Waals surface area contributed by atoms with Crippen LogP contribution in [0.3, 0.4) is 0 Å². The maximum absolute atomic E-state index is 11.7. The molecule has 0 saturated heterocycles. The Morgan fingerprint density at radius 2 is 1.96 bits per heavy atom. The molecular weight excluding hydrogens is 330 g/mol. The number of guanidine groups is 1. The van der Waals surface area contributed by atoms with Crippen molar-refractivity contribution in [3.8, 4) is 0 Å². The van der Waals surface area contributed by atoms with Crippen LogP contribution in [0.5, 0.6) is 0 Å². The maximum atomic E-state index is 11.7. The minimum atomic E-state index is -0.0805. The number of nitrogens with zero attached hydrogens (tertiary/aromatic N) is 1. The number of hydrogen-bond acceptors (Lipinski definition) is 3. The molecule has 142 valence electrons. The molecule has 1 aliphatic carbocycles. The Labute approximate surface area is 155 Å². The van der Waals surface area contributed by atoms with E-state index < -0.39 is 0 Å². The lowest BCUT2D eigenvalue weighted by molar-refractivity contribution is -0.121. The molecule has 0 unspecified atom stereocenters. The Balaban J connectivity index is 1.63. The van der Waals surface area contributed by atoms with Crippen molar-refractivity contribution in [1.82, 2.24) is 21.3 Å². The summed E-state index contributed by atoms with van der Waals surface area (Å²) in [7, 11) is 3.35. The lowest BCUT2D eigenvalue weighted by atomic mass is 10.1. The lowest BCUT2D eigenvalue weighted by Gasteiger charge is -2.12. The topological polar surface area (TPSA) is 94.6 Å². The van der Waals surface area contributed by atoms with Crippen LogP contribution in [-0.2, 0) is 11.2 Å². The van der Waals surface area contributed by atoms with Crippen LogP contribution < -0.4 is 21.3 Å². The van der Waals surface area contributed by atoms with Gasteiger partial charge in [-0.25, -0.2) is 0 Å². The number of nitrogens with one attached hydrogen (secondary N) is 4. The smallest absolute Gasteiger partial charge is 0.251 e. The summed E-state index contributed by atoms with van der Waals surface area (Å²) in [6.07, 6.45) is 4.33. The third-order valence-corrected chi connectivity index (χ3v) is 4.16. The van der Waals surface area contributed by atoms with E-state index in [1.807, 2.05) is 18.2 Å². The quantitative estimate of drug-likeness (QED) is 0.298. The van der Waals surface area contributed by atoms with Gasteiger partial charge in [0.2, 0.25) is 5.91 Å². The highest BCUT2D eigenvalue weighted by Crippen LogP contribution is 2.18. The molecule has 0 bridgehead atoms. The average Bonchev–Trinajstić information content (AvgIpc) is 3.47. The van der Waals surface area contributed by atoms with Gasteiger partial charge in [0.15, 0.2) is 5.96 Å². The minimum absolute atomic E-state index is 0.0805. The first-order valence-corrected chi connectivity index (χ1v) is 9.17. The highest BCUT2D eigenvalue weighted by molar-refractivity contribution is 5.94. The van der Waals surface area contributed by atoms with Crippen molar-refractivity contribution in [2.75, 3.05) is 27.2 Å². The fourth-order valence-corrected chi connectivity index (χ4v) is 2.54. The number of hydrogen-bond donors (Lipinski definition) is 4. The molecule has 1 aromatic carbocycles. The van der Waals surface area contributed by atoms with Gasteiger partial charge in [-0.05, 0) is 43.4 Å². The van der Waals surface area contributed by atoms with Crippen LogP contribution in [0.15, 0.2) is 29.3 Å². The van der Waals surface area contributed by atoms with Crippen LogP contribution in [-0.4, -0.2) is 51.0 Å². The molecule has 0 aromatic heterocycles. The van der Waals surface area contributed by atoms with Crippen molar-refractivity contribution in [3.63, 3.8) is 0 Å².